The van der Waals surface area contributed by atoms with Gasteiger partial charge in [0.15, 0.2) is 0 Å². The first-order chi connectivity index (χ1) is 12.5. The molecular weight excluding hydrogens is 339 g/mol. The number of methoxy groups -OCH3 is 1. The Morgan fingerprint density at radius 3 is 2.04 bits per heavy atom. The summed E-state index contributed by atoms with van der Waals surface area (Å²) < 4.78 is 43.4. The van der Waals surface area contributed by atoms with E-state index in [4.69, 9.17) is 4.74 Å². The highest BCUT2D eigenvalue weighted by atomic mass is 19.4. The maximum Gasteiger partial charge on any atom is 0.416 e. The van der Waals surface area contributed by atoms with Crippen molar-refractivity contribution < 1.29 is 17.9 Å². The van der Waals surface area contributed by atoms with Gasteiger partial charge in [0.05, 0.1) is 12.7 Å². The Morgan fingerprint density at radius 1 is 0.846 bits per heavy atom. The zero-order valence-corrected chi connectivity index (χ0v) is 14.2. The fraction of sp³-hybridized carbons (Fsp3) is 0.143. The number of anilines is 1. The van der Waals surface area contributed by atoms with E-state index < -0.39 is 11.7 Å². The molecule has 0 heterocycles. The number of nitrogens with one attached hydrogen (secondary N) is 1. The van der Waals surface area contributed by atoms with Gasteiger partial charge in [0.25, 0.3) is 0 Å². The van der Waals surface area contributed by atoms with Gasteiger partial charge in [-0.05, 0) is 47.0 Å². The normalized spacial score (nSPS) is 11.2. The molecule has 0 aliphatic rings. The molecule has 0 unspecified atom stereocenters. The second-order valence-electron chi connectivity index (χ2n) is 5.86. The highest BCUT2D eigenvalue weighted by molar-refractivity contribution is 5.64. The molecule has 2 nitrogen and oxygen atoms in total. The molecule has 0 bridgehead atoms. The van der Waals surface area contributed by atoms with Gasteiger partial charge in [0.1, 0.15) is 5.75 Å². The zero-order valence-electron chi connectivity index (χ0n) is 14.2. The van der Waals surface area contributed by atoms with E-state index in [1.165, 1.54) is 6.07 Å². The van der Waals surface area contributed by atoms with Crippen molar-refractivity contribution in [2.24, 2.45) is 0 Å². The molecule has 0 fully saturated rings. The van der Waals surface area contributed by atoms with Gasteiger partial charge in [-0.15, -0.1) is 0 Å². The molecule has 5 heteroatoms. The lowest BCUT2D eigenvalue weighted by Gasteiger charge is -2.11. The number of halogens is 3. The van der Waals surface area contributed by atoms with E-state index in [0.29, 0.717) is 12.2 Å². The summed E-state index contributed by atoms with van der Waals surface area (Å²) in [7, 11) is 1.63. The van der Waals surface area contributed by atoms with Crippen LogP contribution in [0.5, 0.6) is 5.75 Å². The molecule has 0 atom stereocenters. The largest absolute Gasteiger partial charge is 0.497 e. The average molecular weight is 357 g/mol. The van der Waals surface area contributed by atoms with Crippen LogP contribution in [0.25, 0.3) is 11.1 Å². The van der Waals surface area contributed by atoms with Gasteiger partial charge in [-0.3, -0.25) is 0 Å². The number of rotatable bonds is 5. The summed E-state index contributed by atoms with van der Waals surface area (Å²) >= 11 is 0. The molecule has 0 saturated carbocycles. The van der Waals surface area contributed by atoms with Crippen molar-refractivity contribution in [2.75, 3.05) is 12.4 Å². The van der Waals surface area contributed by atoms with Crippen LogP contribution in [0.4, 0.5) is 18.9 Å². The SMILES string of the molecule is COc1ccc(-c2ccc(CNc3cccc(C(F)(F)F)c3)cc2)cc1. The summed E-state index contributed by atoms with van der Waals surface area (Å²) in [6.07, 6.45) is -4.34. The van der Waals surface area contributed by atoms with E-state index in [9.17, 15) is 13.2 Å². The number of alkyl halides is 3. The molecule has 0 saturated heterocycles. The minimum absolute atomic E-state index is 0.444. The topological polar surface area (TPSA) is 21.3 Å². The first-order valence-electron chi connectivity index (χ1n) is 8.10. The van der Waals surface area contributed by atoms with E-state index in [2.05, 4.69) is 5.32 Å². The van der Waals surface area contributed by atoms with E-state index >= 15 is 0 Å². The highest BCUT2D eigenvalue weighted by Gasteiger charge is 2.30. The smallest absolute Gasteiger partial charge is 0.416 e. The summed E-state index contributed by atoms with van der Waals surface area (Å²) in [4.78, 5) is 0. The summed E-state index contributed by atoms with van der Waals surface area (Å²) in [5.74, 6) is 0.802. The Labute approximate surface area is 150 Å². The second-order valence-corrected chi connectivity index (χ2v) is 5.86. The molecule has 3 aromatic carbocycles. The number of ether oxygens (including phenoxy) is 1. The van der Waals surface area contributed by atoms with Crippen LogP contribution in [-0.4, -0.2) is 7.11 Å². The van der Waals surface area contributed by atoms with Crippen LogP contribution >= 0.6 is 0 Å². The van der Waals surface area contributed by atoms with Crippen LogP contribution in [0, 0.1) is 0 Å². The summed E-state index contributed by atoms with van der Waals surface area (Å²) in [6, 6.07) is 20.9. The molecule has 0 amide bonds. The Hall–Kier alpha value is -2.95. The Morgan fingerprint density at radius 2 is 1.46 bits per heavy atom. The third-order valence-electron chi connectivity index (χ3n) is 4.06. The van der Waals surface area contributed by atoms with Gasteiger partial charge < -0.3 is 10.1 Å². The molecule has 0 spiro atoms. The van der Waals surface area contributed by atoms with Crippen molar-refractivity contribution in [3.8, 4) is 16.9 Å². The number of benzene rings is 3. The van der Waals surface area contributed by atoms with Crippen LogP contribution < -0.4 is 10.1 Å². The van der Waals surface area contributed by atoms with Crippen LogP contribution in [0.3, 0.4) is 0 Å². The van der Waals surface area contributed by atoms with Crippen molar-refractivity contribution in [1.29, 1.82) is 0 Å². The van der Waals surface area contributed by atoms with E-state index in [1.807, 2.05) is 48.5 Å². The Bertz CT molecular complexity index is 856. The predicted molar refractivity (Wildman–Crippen MR) is 97.2 cm³/mol. The van der Waals surface area contributed by atoms with Gasteiger partial charge in [-0.25, -0.2) is 0 Å². The van der Waals surface area contributed by atoms with Crippen molar-refractivity contribution in [2.45, 2.75) is 12.7 Å². The number of hydrogen-bond acceptors (Lipinski definition) is 2. The molecule has 3 aromatic rings. The fourth-order valence-corrected chi connectivity index (χ4v) is 2.61. The Balaban J connectivity index is 1.66. The minimum atomic E-state index is -4.34. The lowest BCUT2D eigenvalue weighted by Crippen LogP contribution is -2.06. The molecule has 134 valence electrons. The first kappa shape index (κ1) is 17.9. The fourth-order valence-electron chi connectivity index (χ4n) is 2.61. The van der Waals surface area contributed by atoms with Gasteiger partial charge >= 0.3 is 6.18 Å². The van der Waals surface area contributed by atoms with Crippen molar-refractivity contribution in [1.82, 2.24) is 0 Å². The van der Waals surface area contributed by atoms with Crippen LogP contribution in [0.15, 0.2) is 72.8 Å². The maximum absolute atomic E-state index is 12.7. The van der Waals surface area contributed by atoms with Crippen molar-refractivity contribution in [3.63, 3.8) is 0 Å². The lowest BCUT2D eigenvalue weighted by molar-refractivity contribution is -0.137. The van der Waals surface area contributed by atoms with E-state index in [-0.39, 0.29) is 0 Å². The number of hydrogen-bond donors (Lipinski definition) is 1. The van der Waals surface area contributed by atoms with E-state index in [1.54, 1.807) is 13.2 Å². The van der Waals surface area contributed by atoms with Crippen LogP contribution in [0.1, 0.15) is 11.1 Å². The monoisotopic (exact) mass is 357 g/mol. The molecule has 0 radical (unpaired) electrons. The Kier molecular flexibility index (Phi) is 5.16. The average Bonchev–Trinajstić information content (AvgIpc) is 2.66. The summed E-state index contributed by atoms with van der Waals surface area (Å²) in [5, 5.41) is 3.03. The van der Waals surface area contributed by atoms with Gasteiger partial charge in [0.2, 0.25) is 0 Å². The molecule has 0 aliphatic carbocycles. The molecule has 0 aliphatic heterocycles. The standard InChI is InChI=1S/C21H18F3NO/c1-26-20-11-9-17(10-12-20)16-7-5-15(6-8-16)14-25-19-4-2-3-18(13-19)21(22,23)24/h2-13,25H,14H2,1H3. The first-order valence-corrected chi connectivity index (χ1v) is 8.10. The highest BCUT2D eigenvalue weighted by Crippen LogP contribution is 2.30. The van der Waals surface area contributed by atoms with Crippen LogP contribution in [0.2, 0.25) is 0 Å². The van der Waals surface area contributed by atoms with Gasteiger partial charge in [-0.2, -0.15) is 13.2 Å². The second kappa shape index (κ2) is 7.52. The molecule has 1 N–H and O–H groups in total. The zero-order chi connectivity index (χ0) is 18.6. The summed E-state index contributed by atoms with van der Waals surface area (Å²) in [6.45, 7) is 0.449. The predicted octanol–water partition coefficient (Wildman–Crippen LogP) is 5.99. The summed E-state index contributed by atoms with van der Waals surface area (Å²) in [5.41, 5.74) is 2.91. The maximum atomic E-state index is 12.7. The quantitative estimate of drug-likeness (QED) is 0.605. The molecular formula is C21H18F3NO. The lowest BCUT2D eigenvalue weighted by atomic mass is 10.0. The third-order valence-corrected chi connectivity index (χ3v) is 4.06. The molecule has 26 heavy (non-hydrogen) atoms. The third kappa shape index (κ3) is 4.36. The molecule has 3 rings (SSSR count). The van der Waals surface area contributed by atoms with Crippen LogP contribution in [-0.2, 0) is 12.7 Å². The minimum Gasteiger partial charge on any atom is -0.497 e. The van der Waals surface area contributed by atoms with E-state index in [0.717, 1.165) is 34.6 Å². The van der Waals surface area contributed by atoms with Gasteiger partial charge in [0, 0.05) is 12.2 Å². The van der Waals surface area contributed by atoms with Crippen molar-refractivity contribution in [3.05, 3.63) is 83.9 Å². The van der Waals surface area contributed by atoms with Crippen molar-refractivity contribution >= 4 is 5.69 Å². The van der Waals surface area contributed by atoms with Gasteiger partial charge in [-0.1, -0.05) is 42.5 Å². The molecule has 0 aromatic heterocycles.